The van der Waals surface area contributed by atoms with Gasteiger partial charge in [-0.2, -0.15) is 5.10 Å². The Morgan fingerprint density at radius 2 is 2.38 bits per heavy atom. The van der Waals surface area contributed by atoms with Crippen molar-refractivity contribution in [3.63, 3.8) is 0 Å². The lowest BCUT2D eigenvalue weighted by Crippen LogP contribution is -2.10. The maximum Gasteiger partial charge on any atom is 0.151 e. The van der Waals surface area contributed by atoms with Gasteiger partial charge in [-0.15, -0.1) is 5.10 Å². The Morgan fingerprint density at radius 1 is 1.46 bits per heavy atom. The topological polar surface area (TPSA) is 35.0 Å². The van der Waals surface area contributed by atoms with Gasteiger partial charge in [0.1, 0.15) is 0 Å². The first-order valence-corrected chi connectivity index (χ1v) is 4.82. The molecule has 0 N–H and O–H groups in total. The standard InChI is InChI=1S/C9H11ClN2O/c10-9-4-3-7(11-12-9)6-8-2-1-5-13-8/h3-4,8H,1-2,5-6H2. The van der Waals surface area contributed by atoms with E-state index in [1.54, 1.807) is 6.07 Å². The molecule has 1 aromatic heterocycles. The molecule has 2 rings (SSSR count). The van der Waals surface area contributed by atoms with Gasteiger partial charge in [0.15, 0.2) is 5.15 Å². The first kappa shape index (κ1) is 8.91. The van der Waals surface area contributed by atoms with Gasteiger partial charge in [0.2, 0.25) is 0 Å². The minimum absolute atomic E-state index is 0.329. The third kappa shape index (κ3) is 2.39. The Morgan fingerprint density at radius 3 is 3.00 bits per heavy atom. The van der Waals surface area contributed by atoms with Crippen molar-refractivity contribution < 1.29 is 4.74 Å². The summed E-state index contributed by atoms with van der Waals surface area (Å²) in [7, 11) is 0. The van der Waals surface area contributed by atoms with Crippen molar-refractivity contribution in [2.75, 3.05) is 6.61 Å². The number of hydrogen-bond acceptors (Lipinski definition) is 3. The average molecular weight is 199 g/mol. The van der Waals surface area contributed by atoms with E-state index in [9.17, 15) is 0 Å². The van der Waals surface area contributed by atoms with Crippen LogP contribution in [0.3, 0.4) is 0 Å². The highest BCUT2D eigenvalue weighted by molar-refractivity contribution is 6.29. The summed E-state index contributed by atoms with van der Waals surface area (Å²) in [5, 5.41) is 8.20. The number of hydrogen-bond donors (Lipinski definition) is 0. The van der Waals surface area contributed by atoms with E-state index in [1.807, 2.05) is 6.07 Å². The molecular weight excluding hydrogens is 188 g/mol. The van der Waals surface area contributed by atoms with Crippen LogP contribution in [0.15, 0.2) is 12.1 Å². The number of aromatic nitrogens is 2. The van der Waals surface area contributed by atoms with Crippen LogP contribution in [-0.4, -0.2) is 22.9 Å². The lowest BCUT2D eigenvalue weighted by atomic mass is 10.1. The molecular formula is C9H11ClN2O. The summed E-state index contributed by atoms with van der Waals surface area (Å²) < 4.78 is 5.49. The van der Waals surface area contributed by atoms with Crippen molar-refractivity contribution in [1.82, 2.24) is 10.2 Å². The van der Waals surface area contributed by atoms with E-state index in [-0.39, 0.29) is 0 Å². The summed E-state index contributed by atoms with van der Waals surface area (Å²) in [6.07, 6.45) is 3.47. The fraction of sp³-hybridized carbons (Fsp3) is 0.556. The average Bonchev–Trinajstić information content (AvgIpc) is 2.62. The second kappa shape index (κ2) is 4.03. The molecule has 1 atom stereocenters. The summed E-state index contributed by atoms with van der Waals surface area (Å²) >= 11 is 5.62. The largest absolute Gasteiger partial charge is 0.378 e. The molecule has 13 heavy (non-hydrogen) atoms. The minimum atomic E-state index is 0.329. The van der Waals surface area contributed by atoms with Crippen LogP contribution in [0.1, 0.15) is 18.5 Å². The molecule has 0 aromatic carbocycles. The van der Waals surface area contributed by atoms with Crippen LogP contribution in [0.2, 0.25) is 5.15 Å². The highest BCUT2D eigenvalue weighted by Crippen LogP contribution is 2.16. The molecule has 1 saturated heterocycles. The van der Waals surface area contributed by atoms with Crippen molar-refractivity contribution in [3.05, 3.63) is 23.0 Å². The van der Waals surface area contributed by atoms with Crippen LogP contribution >= 0.6 is 11.6 Å². The van der Waals surface area contributed by atoms with Crippen molar-refractivity contribution in [2.45, 2.75) is 25.4 Å². The quantitative estimate of drug-likeness (QED) is 0.728. The van der Waals surface area contributed by atoms with Crippen LogP contribution in [0.5, 0.6) is 0 Å². The normalized spacial score (nSPS) is 22.1. The molecule has 1 aromatic rings. The highest BCUT2D eigenvalue weighted by Gasteiger charge is 2.16. The molecule has 1 aliphatic rings. The van der Waals surface area contributed by atoms with Gasteiger partial charge >= 0.3 is 0 Å². The molecule has 3 nitrogen and oxygen atoms in total. The molecule has 0 aliphatic carbocycles. The molecule has 0 amide bonds. The van der Waals surface area contributed by atoms with E-state index in [0.29, 0.717) is 11.3 Å². The molecule has 1 unspecified atom stereocenters. The Labute approximate surface area is 82.1 Å². The summed E-state index contributed by atoms with van der Waals surface area (Å²) in [6.45, 7) is 0.881. The second-order valence-corrected chi connectivity index (χ2v) is 3.57. The predicted molar refractivity (Wildman–Crippen MR) is 49.7 cm³/mol. The molecule has 4 heteroatoms. The zero-order valence-corrected chi connectivity index (χ0v) is 8.00. The molecule has 70 valence electrons. The molecule has 0 saturated carbocycles. The molecule has 0 bridgehead atoms. The molecule has 1 aliphatic heterocycles. The number of nitrogens with zero attached hydrogens (tertiary/aromatic N) is 2. The molecule has 0 spiro atoms. The van der Waals surface area contributed by atoms with Gasteiger partial charge in [0.05, 0.1) is 11.8 Å². The number of halogens is 1. The number of rotatable bonds is 2. The van der Waals surface area contributed by atoms with Crippen LogP contribution in [0, 0.1) is 0 Å². The second-order valence-electron chi connectivity index (χ2n) is 3.19. The van der Waals surface area contributed by atoms with Crippen LogP contribution in [0.4, 0.5) is 0 Å². The van der Waals surface area contributed by atoms with Gasteiger partial charge in [-0.1, -0.05) is 11.6 Å². The molecule has 2 heterocycles. The molecule has 1 fully saturated rings. The van der Waals surface area contributed by atoms with Crippen LogP contribution < -0.4 is 0 Å². The van der Waals surface area contributed by atoms with Gasteiger partial charge in [0.25, 0.3) is 0 Å². The fourth-order valence-electron chi connectivity index (χ4n) is 1.49. The van der Waals surface area contributed by atoms with E-state index in [0.717, 1.165) is 31.6 Å². The lowest BCUT2D eigenvalue weighted by Gasteiger charge is -2.06. The lowest BCUT2D eigenvalue weighted by molar-refractivity contribution is 0.110. The minimum Gasteiger partial charge on any atom is -0.378 e. The van der Waals surface area contributed by atoms with E-state index in [1.165, 1.54) is 0 Å². The van der Waals surface area contributed by atoms with Gasteiger partial charge in [0, 0.05) is 13.0 Å². The van der Waals surface area contributed by atoms with Crippen LogP contribution in [0.25, 0.3) is 0 Å². The van der Waals surface area contributed by atoms with E-state index in [2.05, 4.69) is 10.2 Å². The van der Waals surface area contributed by atoms with Gasteiger partial charge in [-0.3, -0.25) is 0 Å². The SMILES string of the molecule is Clc1ccc(CC2CCCO2)nn1. The fourth-order valence-corrected chi connectivity index (χ4v) is 1.59. The Kier molecular flexibility index (Phi) is 2.76. The van der Waals surface area contributed by atoms with Gasteiger partial charge < -0.3 is 4.74 Å². The number of ether oxygens (including phenoxy) is 1. The maximum atomic E-state index is 5.62. The van der Waals surface area contributed by atoms with E-state index < -0.39 is 0 Å². The predicted octanol–water partition coefficient (Wildman–Crippen LogP) is 1.85. The molecule has 0 radical (unpaired) electrons. The Hall–Kier alpha value is -0.670. The third-order valence-electron chi connectivity index (χ3n) is 2.15. The Balaban J connectivity index is 1.97. The smallest absolute Gasteiger partial charge is 0.151 e. The zero-order chi connectivity index (χ0) is 9.10. The van der Waals surface area contributed by atoms with Crippen molar-refractivity contribution in [2.24, 2.45) is 0 Å². The van der Waals surface area contributed by atoms with Crippen LogP contribution in [-0.2, 0) is 11.2 Å². The Bertz CT molecular complexity index is 269. The summed E-state index contributed by atoms with van der Waals surface area (Å²) in [6, 6.07) is 3.66. The first-order chi connectivity index (χ1) is 6.34. The van der Waals surface area contributed by atoms with E-state index >= 15 is 0 Å². The van der Waals surface area contributed by atoms with Crippen molar-refractivity contribution in [1.29, 1.82) is 0 Å². The monoisotopic (exact) mass is 198 g/mol. The van der Waals surface area contributed by atoms with Gasteiger partial charge in [-0.05, 0) is 25.0 Å². The zero-order valence-electron chi connectivity index (χ0n) is 7.24. The summed E-state index contributed by atoms with van der Waals surface area (Å²) in [5.41, 5.74) is 0.955. The first-order valence-electron chi connectivity index (χ1n) is 4.44. The van der Waals surface area contributed by atoms with Crippen molar-refractivity contribution in [3.8, 4) is 0 Å². The van der Waals surface area contributed by atoms with Gasteiger partial charge in [-0.25, -0.2) is 0 Å². The third-order valence-corrected chi connectivity index (χ3v) is 2.35. The summed E-state index contributed by atoms with van der Waals surface area (Å²) in [5.74, 6) is 0. The summed E-state index contributed by atoms with van der Waals surface area (Å²) in [4.78, 5) is 0. The van der Waals surface area contributed by atoms with E-state index in [4.69, 9.17) is 16.3 Å². The highest BCUT2D eigenvalue weighted by atomic mass is 35.5. The van der Waals surface area contributed by atoms with Crippen molar-refractivity contribution >= 4 is 11.6 Å². The maximum absolute atomic E-state index is 5.62.